The van der Waals surface area contributed by atoms with Gasteiger partial charge in [-0.05, 0) is 37.5 Å². The van der Waals surface area contributed by atoms with E-state index in [0.29, 0.717) is 0 Å². The van der Waals surface area contributed by atoms with E-state index in [1.54, 1.807) is 7.05 Å². The number of anilines is 2. The van der Waals surface area contributed by atoms with Crippen LogP contribution in [0.2, 0.25) is 0 Å². The lowest BCUT2D eigenvalue weighted by Gasteiger charge is -2.33. The van der Waals surface area contributed by atoms with Crippen molar-refractivity contribution >= 4 is 17.3 Å². The molecule has 1 saturated heterocycles. The first-order valence-corrected chi connectivity index (χ1v) is 6.44. The van der Waals surface area contributed by atoms with Crippen molar-refractivity contribution < 1.29 is 4.79 Å². The van der Waals surface area contributed by atoms with E-state index in [0.717, 1.165) is 42.9 Å². The average Bonchev–Trinajstić information content (AvgIpc) is 2.41. The summed E-state index contributed by atoms with van der Waals surface area (Å²) in [7, 11) is 1.70. The molecule has 1 aliphatic rings. The van der Waals surface area contributed by atoms with E-state index in [4.69, 9.17) is 5.73 Å². The van der Waals surface area contributed by atoms with Crippen LogP contribution in [0.4, 0.5) is 11.4 Å². The molecule has 4 heteroatoms. The van der Waals surface area contributed by atoms with Crippen LogP contribution in [0, 0.1) is 12.8 Å². The van der Waals surface area contributed by atoms with Gasteiger partial charge in [-0.1, -0.05) is 6.07 Å². The predicted octanol–water partition coefficient (Wildman–Crippen LogP) is 1.54. The second-order valence-electron chi connectivity index (χ2n) is 4.92. The zero-order chi connectivity index (χ0) is 13.1. The molecule has 0 aromatic heterocycles. The number of nitrogens with one attached hydrogen (secondary N) is 1. The van der Waals surface area contributed by atoms with Crippen molar-refractivity contribution in [2.75, 3.05) is 30.8 Å². The lowest BCUT2D eigenvalue weighted by atomic mass is 9.95. The largest absolute Gasteiger partial charge is 0.398 e. The summed E-state index contributed by atoms with van der Waals surface area (Å²) in [6.07, 6.45) is 1.82. The van der Waals surface area contributed by atoms with Gasteiger partial charge in [0.05, 0.1) is 0 Å². The van der Waals surface area contributed by atoms with Crippen molar-refractivity contribution in [3.63, 3.8) is 0 Å². The molecule has 1 amide bonds. The fraction of sp³-hybridized carbons (Fsp3) is 0.500. The number of carbonyl (C=O) groups excluding carboxylic acids is 1. The third-order valence-corrected chi connectivity index (χ3v) is 3.74. The Morgan fingerprint density at radius 3 is 2.61 bits per heavy atom. The highest BCUT2D eigenvalue weighted by Gasteiger charge is 2.24. The molecule has 18 heavy (non-hydrogen) atoms. The van der Waals surface area contributed by atoms with E-state index < -0.39 is 0 Å². The minimum Gasteiger partial charge on any atom is -0.398 e. The number of hydrogen-bond acceptors (Lipinski definition) is 3. The molecule has 1 aromatic rings. The second kappa shape index (κ2) is 5.29. The quantitative estimate of drug-likeness (QED) is 0.779. The van der Waals surface area contributed by atoms with Crippen molar-refractivity contribution in [1.29, 1.82) is 0 Å². The smallest absolute Gasteiger partial charge is 0.222 e. The van der Waals surface area contributed by atoms with Crippen molar-refractivity contribution in [2.24, 2.45) is 5.92 Å². The Bertz CT molecular complexity index is 437. The van der Waals surface area contributed by atoms with Gasteiger partial charge in [-0.2, -0.15) is 0 Å². The van der Waals surface area contributed by atoms with Crippen LogP contribution < -0.4 is 16.0 Å². The zero-order valence-corrected chi connectivity index (χ0v) is 11.1. The third kappa shape index (κ3) is 2.58. The van der Waals surface area contributed by atoms with E-state index in [-0.39, 0.29) is 11.8 Å². The standard InChI is InChI=1S/C14H21N3O/c1-10-3-4-12(9-13(10)15)17-7-5-11(6-8-17)14(18)16-2/h3-4,9,11H,5-8,15H2,1-2H3,(H,16,18). The van der Waals surface area contributed by atoms with Crippen LogP contribution in [0.1, 0.15) is 18.4 Å². The first kappa shape index (κ1) is 12.7. The molecule has 0 saturated carbocycles. The van der Waals surface area contributed by atoms with Crippen molar-refractivity contribution in [3.8, 4) is 0 Å². The van der Waals surface area contributed by atoms with Gasteiger partial charge in [-0.3, -0.25) is 4.79 Å². The minimum absolute atomic E-state index is 0.161. The number of aryl methyl sites for hydroxylation is 1. The van der Waals surface area contributed by atoms with Crippen LogP contribution in [0.5, 0.6) is 0 Å². The van der Waals surface area contributed by atoms with Crippen molar-refractivity contribution in [3.05, 3.63) is 23.8 Å². The lowest BCUT2D eigenvalue weighted by molar-refractivity contribution is -0.125. The Labute approximate surface area is 108 Å². The van der Waals surface area contributed by atoms with Crippen molar-refractivity contribution in [1.82, 2.24) is 5.32 Å². The molecule has 3 N–H and O–H groups in total. The summed E-state index contributed by atoms with van der Waals surface area (Å²) in [5, 5.41) is 2.73. The average molecular weight is 247 g/mol. The van der Waals surface area contributed by atoms with Gasteiger partial charge in [-0.15, -0.1) is 0 Å². The Balaban J connectivity index is 2.01. The summed E-state index contributed by atoms with van der Waals surface area (Å²) in [6.45, 7) is 3.85. The molecule has 1 aromatic carbocycles. The van der Waals surface area contributed by atoms with E-state index in [1.807, 2.05) is 13.0 Å². The Morgan fingerprint density at radius 2 is 2.06 bits per heavy atom. The van der Waals surface area contributed by atoms with Gasteiger partial charge in [0, 0.05) is 37.4 Å². The number of carbonyl (C=O) groups is 1. The maximum atomic E-state index is 11.6. The number of nitrogen functional groups attached to an aromatic ring is 1. The molecule has 0 bridgehead atoms. The number of piperidine rings is 1. The Morgan fingerprint density at radius 1 is 1.39 bits per heavy atom. The number of nitrogens with zero attached hydrogens (tertiary/aromatic N) is 1. The molecule has 0 atom stereocenters. The van der Waals surface area contributed by atoms with Crippen LogP contribution in [-0.4, -0.2) is 26.0 Å². The van der Waals surface area contributed by atoms with Crippen LogP contribution in [-0.2, 0) is 4.79 Å². The zero-order valence-electron chi connectivity index (χ0n) is 11.1. The molecule has 1 heterocycles. The molecule has 1 fully saturated rings. The third-order valence-electron chi connectivity index (χ3n) is 3.74. The van der Waals surface area contributed by atoms with Gasteiger partial charge in [0.25, 0.3) is 0 Å². The summed E-state index contributed by atoms with van der Waals surface area (Å²) >= 11 is 0. The summed E-state index contributed by atoms with van der Waals surface area (Å²) in [5.41, 5.74) is 9.04. The lowest BCUT2D eigenvalue weighted by Crippen LogP contribution is -2.39. The highest BCUT2D eigenvalue weighted by atomic mass is 16.1. The Hall–Kier alpha value is -1.71. The van der Waals surface area contributed by atoms with Crippen molar-refractivity contribution in [2.45, 2.75) is 19.8 Å². The molecule has 98 valence electrons. The maximum absolute atomic E-state index is 11.6. The molecule has 4 nitrogen and oxygen atoms in total. The fourth-order valence-electron chi connectivity index (χ4n) is 2.43. The van der Waals surface area contributed by atoms with Crippen LogP contribution in [0.3, 0.4) is 0 Å². The molecule has 0 radical (unpaired) electrons. The first-order chi connectivity index (χ1) is 8.61. The second-order valence-corrected chi connectivity index (χ2v) is 4.92. The SMILES string of the molecule is CNC(=O)C1CCN(c2ccc(C)c(N)c2)CC1. The topological polar surface area (TPSA) is 58.4 Å². The van der Waals surface area contributed by atoms with Crippen LogP contribution in [0.25, 0.3) is 0 Å². The molecule has 2 rings (SSSR count). The normalized spacial score (nSPS) is 16.7. The maximum Gasteiger partial charge on any atom is 0.222 e. The van der Waals surface area contributed by atoms with Gasteiger partial charge >= 0.3 is 0 Å². The number of hydrogen-bond donors (Lipinski definition) is 2. The highest BCUT2D eigenvalue weighted by Crippen LogP contribution is 2.26. The van der Waals surface area contributed by atoms with Gasteiger partial charge in [0.15, 0.2) is 0 Å². The summed E-state index contributed by atoms with van der Waals surface area (Å²) < 4.78 is 0. The minimum atomic E-state index is 0.161. The molecule has 0 aliphatic carbocycles. The van der Waals surface area contributed by atoms with E-state index in [9.17, 15) is 4.79 Å². The van der Waals surface area contributed by atoms with E-state index >= 15 is 0 Å². The molecule has 1 aliphatic heterocycles. The predicted molar refractivity (Wildman–Crippen MR) is 74.6 cm³/mol. The summed E-state index contributed by atoms with van der Waals surface area (Å²) in [4.78, 5) is 13.9. The monoisotopic (exact) mass is 247 g/mol. The molecular weight excluding hydrogens is 226 g/mol. The molecular formula is C14H21N3O. The number of nitrogens with two attached hydrogens (primary N) is 1. The first-order valence-electron chi connectivity index (χ1n) is 6.44. The van der Waals surface area contributed by atoms with Gasteiger partial charge in [0.1, 0.15) is 0 Å². The molecule has 0 spiro atoms. The number of rotatable bonds is 2. The summed E-state index contributed by atoms with van der Waals surface area (Å²) in [6, 6.07) is 6.18. The molecule has 0 unspecified atom stereocenters. The fourth-order valence-corrected chi connectivity index (χ4v) is 2.43. The van der Waals surface area contributed by atoms with Crippen LogP contribution in [0.15, 0.2) is 18.2 Å². The van der Waals surface area contributed by atoms with Gasteiger partial charge in [0.2, 0.25) is 5.91 Å². The van der Waals surface area contributed by atoms with E-state index in [2.05, 4.69) is 22.3 Å². The number of amides is 1. The Kier molecular flexibility index (Phi) is 3.75. The van der Waals surface area contributed by atoms with Crippen LogP contribution >= 0.6 is 0 Å². The van der Waals surface area contributed by atoms with E-state index in [1.165, 1.54) is 0 Å². The number of benzene rings is 1. The van der Waals surface area contributed by atoms with Gasteiger partial charge in [-0.25, -0.2) is 0 Å². The summed E-state index contributed by atoms with van der Waals surface area (Å²) in [5.74, 6) is 0.326. The van der Waals surface area contributed by atoms with Gasteiger partial charge < -0.3 is 16.0 Å². The highest BCUT2D eigenvalue weighted by molar-refractivity contribution is 5.78.